The summed E-state index contributed by atoms with van der Waals surface area (Å²) in [4.78, 5) is 19.0. The van der Waals surface area contributed by atoms with E-state index in [1.54, 1.807) is 6.20 Å². The molecule has 1 aliphatic heterocycles. The van der Waals surface area contributed by atoms with Crippen LogP contribution < -0.4 is 15.0 Å². The second kappa shape index (κ2) is 9.34. The Balaban J connectivity index is 1.34. The van der Waals surface area contributed by atoms with Crippen LogP contribution in [0.2, 0.25) is 0 Å². The van der Waals surface area contributed by atoms with Crippen molar-refractivity contribution in [2.45, 2.75) is 26.0 Å². The molecule has 0 fully saturated rings. The minimum absolute atomic E-state index is 0.101. The minimum atomic E-state index is 0.101. The number of rotatable bonds is 7. The van der Waals surface area contributed by atoms with Crippen LogP contribution in [0.1, 0.15) is 23.2 Å². The highest BCUT2D eigenvalue weighted by atomic mass is 16.5. The number of hydrogen-bond acceptors (Lipinski definition) is 4. The van der Waals surface area contributed by atoms with Gasteiger partial charge in [-0.25, -0.2) is 0 Å². The second-order valence-electron chi connectivity index (χ2n) is 7.10. The number of aromatic nitrogens is 1. The van der Waals surface area contributed by atoms with Gasteiger partial charge < -0.3 is 15.0 Å². The highest BCUT2D eigenvalue weighted by molar-refractivity contribution is 5.95. The highest BCUT2D eigenvalue weighted by Gasteiger charge is 2.21. The molecule has 0 unspecified atom stereocenters. The number of nitrogens with zero attached hydrogens (tertiary/aromatic N) is 2. The van der Waals surface area contributed by atoms with Crippen molar-refractivity contribution < 1.29 is 9.53 Å². The fourth-order valence-electron chi connectivity index (χ4n) is 3.62. The van der Waals surface area contributed by atoms with E-state index in [-0.39, 0.29) is 5.91 Å². The van der Waals surface area contributed by atoms with E-state index in [4.69, 9.17) is 4.74 Å². The van der Waals surface area contributed by atoms with E-state index in [1.807, 2.05) is 65.6 Å². The molecule has 0 bridgehead atoms. The average Bonchev–Trinajstić information content (AvgIpc) is 2.78. The average molecular weight is 387 g/mol. The Morgan fingerprint density at radius 1 is 1.03 bits per heavy atom. The van der Waals surface area contributed by atoms with E-state index < -0.39 is 0 Å². The molecular weight excluding hydrogens is 362 g/mol. The fourth-order valence-corrected chi connectivity index (χ4v) is 3.62. The van der Waals surface area contributed by atoms with Crippen molar-refractivity contribution in [3.63, 3.8) is 0 Å². The third kappa shape index (κ3) is 4.81. The highest BCUT2D eigenvalue weighted by Crippen LogP contribution is 2.26. The molecule has 5 nitrogen and oxygen atoms in total. The van der Waals surface area contributed by atoms with Gasteiger partial charge in [0.2, 0.25) is 5.91 Å². The number of ether oxygens (including phenoxy) is 1. The Bertz CT molecular complexity index is 959. The van der Waals surface area contributed by atoms with Crippen molar-refractivity contribution in [2.75, 3.05) is 18.0 Å². The van der Waals surface area contributed by atoms with Gasteiger partial charge in [-0.15, -0.1) is 0 Å². The van der Waals surface area contributed by atoms with Crippen molar-refractivity contribution >= 4 is 11.6 Å². The number of benzene rings is 2. The first-order chi connectivity index (χ1) is 14.3. The Kier molecular flexibility index (Phi) is 6.17. The van der Waals surface area contributed by atoms with Crippen LogP contribution in [-0.4, -0.2) is 24.0 Å². The number of fused-ring (bicyclic) bond motifs is 1. The van der Waals surface area contributed by atoms with Crippen LogP contribution in [0, 0.1) is 0 Å². The van der Waals surface area contributed by atoms with Crippen molar-refractivity contribution in [1.82, 2.24) is 10.3 Å². The first-order valence-corrected chi connectivity index (χ1v) is 10.0. The van der Waals surface area contributed by atoms with Crippen LogP contribution in [0.4, 0.5) is 5.69 Å². The van der Waals surface area contributed by atoms with Crippen molar-refractivity contribution in [1.29, 1.82) is 0 Å². The fraction of sp³-hybridized carbons (Fsp3) is 0.250. The molecule has 1 N–H and O–H groups in total. The summed E-state index contributed by atoms with van der Waals surface area (Å²) in [6.07, 6.45) is 3.80. The van der Waals surface area contributed by atoms with Crippen LogP contribution >= 0.6 is 0 Å². The zero-order valence-electron chi connectivity index (χ0n) is 16.4. The minimum Gasteiger partial charge on any atom is -0.487 e. The van der Waals surface area contributed by atoms with Gasteiger partial charge >= 0.3 is 0 Å². The van der Waals surface area contributed by atoms with E-state index >= 15 is 0 Å². The van der Waals surface area contributed by atoms with Gasteiger partial charge in [0.05, 0.1) is 12.2 Å². The number of amides is 1. The lowest BCUT2D eigenvalue weighted by Crippen LogP contribution is -2.41. The molecule has 0 saturated carbocycles. The zero-order valence-corrected chi connectivity index (χ0v) is 16.4. The van der Waals surface area contributed by atoms with E-state index in [0.29, 0.717) is 19.7 Å². The molecule has 1 aliphatic rings. The van der Waals surface area contributed by atoms with E-state index in [2.05, 4.69) is 16.4 Å². The molecule has 3 aromatic rings. The summed E-state index contributed by atoms with van der Waals surface area (Å²) >= 11 is 0. The normalized spacial score (nSPS) is 13.0. The Labute approximate surface area is 171 Å². The van der Waals surface area contributed by atoms with Gasteiger partial charge in [-0.1, -0.05) is 42.5 Å². The molecule has 0 atom stereocenters. The number of aryl methyl sites for hydroxylation is 1. The monoisotopic (exact) mass is 387 g/mol. The summed E-state index contributed by atoms with van der Waals surface area (Å²) in [5, 5.41) is 3.28. The van der Waals surface area contributed by atoms with E-state index in [9.17, 15) is 4.79 Å². The van der Waals surface area contributed by atoms with Crippen molar-refractivity contribution in [3.8, 4) is 5.75 Å². The lowest BCUT2D eigenvalue weighted by atomic mass is 10.0. The second-order valence-corrected chi connectivity index (χ2v) is 7.10. The Hall–Kier alpha value is -3.18. The van der Waals surface area contributed by atoms with E-state index in [1.165, 1.54) is 5.56 Å². The largest absolute Gasteiger partial charge is 0.487 e. The number of nitrogens with one attached hydrogen (secondary N) is 1. The topological polar surface area (TPSA) is 54.5 Å². The lowest BCUT2D eigenvalue weighted by Gasteiger charge is -2.29. The molecule has 2 aromatic carbocycles. The van der Waals surface area contributed by atoms with Gasteiger partial charge in [0.15, 0.2) is 0 Å². The van der Waals surface area contributed by atoms with Crippen LogP contribution in [0.3, 0.4) is 0 Å². The molecule has 1 aromatic heterocycles. The summed E-state index contributed by atoms with van der Waals surface area (Å²) < 4.78 is 5.95. The zero-order chi connectivity index (χ0) is 19.9. The molecule has 0 radical (unpaired) electrons. The van der Waals surface area contributed by atoms with Gasteiger partial charge in [-0.2, -0.15) is 0 Å². The first-order valence-electron chi connectivity index (χ1n) is 10.0. The Morgan fingerprint density at radius 3 is 2.76 bits per heavy atom. The van der Waals surface area contributed by atoms with Gasteiger partial charge in [-0.3, -0.25) is 9.78 Å². The smallest absolute Gasteiger partial charge is 0.240 e. The van der Waals surface area contributed by atoms with Gasteiger partial charge in [-0.05, 0) is 42.7 Å². The molecule has 2 heterocycles. The summed E-state index contributed by atoms with van der Waals surface area (Å²) in [7, 11) is 0. The number of carbonyl (C=O) groups is 1. The first kappa shape index (κ1) is 19.2. The van der Waals surface area contributed by atoms with Crippen molar-refractivity contribution in [2.24, 2.45) is 0 Å². The molecule has 4 rings (SSSR count). The van der Waals surface area contributed by atoms with Gasteiger partial charge in [0.1, 0.15) is 12.4 Å². The third-order valence-electron chi connectivity index (χ3n) is 5.08. The summed E-state index contributed by atoms with van der Waals surface area (Å²) in [6, 6.07) is 21.8. The lowest BCUT2D eigenvalue weighted by molar-refractivity contribution is -0.117. The van der Waals surface area contributed by atoms with Crippen LogP contribution in [0.5, 0.6) is 5.75 Å². The molecular formula is C24H25N3O2. The number of pyridine rings is 1. The predicted molar refractivity (Wildman–Crippen MR) is 114 cm³/mol. The summed E-state index contributed by atoms with van der Waals surface area (Å²) in [5.74, 6) is 0.908. The summed E-state index contributed by atoms with van der Waals surface area (Å²) in [6.45, 7) is 2.06. The number of hydrogen-bond donors (Lipinski definition) is 1. The molecule has 29 heavy (non-hydrogen) atoms. The van der Waals surface area contributed by atoms with Crippen LogP contribution in [-0.2, 0) is 24.4 Å². The number of carbonyl (C=O) groups excluding carboxylic acids is 1. The molecule has 0 spiro atoms. The number of anilines is 1. The third-order valence-corrected chi connectivity index (χ3v) is 5.08. The standard InChI is InChI=1S/C24H25N3O2/c28-24(27-15-7-10-19-8-1-3-12-22(19)27)17-25-16-20-9-2-4-13-23(20)29-18-21-11-5-6-14-26-21/h1-6,8-9,11-14,25H,7,10,15-18H2. The molecule has 0 aliphatic carbocycles. The molecule has 1 amide bonds. The van der Waals surface area contributed by atoms with Crippen molar-refractivity contribution in [3.05, 3.63) is 89.7 Å². The quantitative estimate of drug-likeness (QED) is 0.671. The van der Waals surface area contributed by atoms with Crippen LogP contribution in [0.15, 0.2) is 72.9 Å². The maximum atomic E-state index is 12.8. The van der Waals surface area contributed by atoms with Gasteiger partial charge in [0, 0.05) is 30.5 Å². The van der Waals surface area contributed by atoms with E-state index in [0.717, 1.165) is 42.1 Å². The van der Waals surface area contributed by atoms with Crippen LogP contribution in [0.25, 0.3) is 0 Å². The summed E-state index contributed by atoms with van der Waals surface area (Å²) in [5.41, 5.74) is 4.20. The predicted octanol–water partition coefficient (Wildman–Crippen LogP) is 3.73. The SMILES string of the molecule is O=C(CNCc1ccccc1OCc1ccccn1)N1CCCc2ccccc21. The maximum absolute atomic E-state index is 12.8. The maximum Gasteiger partial charge on any atom is 0.240 e. The number of para-hydroxylation sites is 2. The van der Waals surface area contributed by atoms with Gasteiger partial charge in [0.25, 0.3) is 0 Å². The molecule has 5 heteroatoms. The Morgan fingerprint density at radius 2 is 1.86 bits per heavy atom. The molecule has 0 saturated heterocycles. The molecule has 148 valence electrons.